The first-order valence-electron chi connectivity index (χ1n) is 7.28. The maximum absolute atomic E-state index is 12.8. The molecule has 2 rings (SSSR count). The van der Waals surface area contributed by atoms with Gasteiger partial charge in [0.2, 0.25) is 0 Å². The van der Waals surface area contributed by atoms with Gasteiger partial charge in [-0.25, -0.2) is 4.39 Å². The summed E-state index contributed by atoms with van der Waals surface area (Å²) in [6.07, 6.45) is 4.35. The Morgan fingerprint density at radius 3 is 2.85 bits per heavy atom. The summed E-state index contributed by atoms with van der Waals surface area (Å²) < 4.78 is 18.2. The lowest BCUT2D eigenvalue weighted by Crippen LogP contribution is -2.31. The van der Waals surface area contributed by atoms with Crippen LogP contribution in [0.4, 0.5) is 4.39 Å². The molecule has 0 saturated carbocycles. The predicted octanol–water partition coefficient (Wildman–Crippen LogP) is 1.97. The summed E-state index contributed by atoms with van der Waals surface area (Å²) in [4.78, 5) is 6.36. The number of rotatable bonds is 6. The van der Waals surface area contributed by atoms with Crippen molar-refractivity contribution in [2.75, 3.05) is 33.4 Å². The summed E-state index contributed by atoms with van der Waals surface area (Å²) in [5, 5.41) is 0. The molecule has 1 aromatic rings. The van der Waals surface area contributed by atoms with Crippen LogP contribution in [0.15, 0.2) is 18.3 Å². The van der Waals surface area contributed by atoms with Crippen LogP contribution in [0.3, 0.4) is 0 Å². The minimum Gasteiger partial charge on any atom is -0.381 e. The van der Waals surface area contributed by atoms with E-state index in [-0.39, 0.29) is 11.9 Å². The number of hydrogen-bond donors (Lipinski definition) is 1. The van der Waals surface area contributed by atoms with Gasteiger partial charge in [-0.2, -0.15) is 0 Å². The maximum Gasteiger partial charge on any atom is 0.141 e. The molecule has 1 aromatic heterocycles. The molecule has 1 fully saturated rings. The molecule has 2 N–H and O–H groups in total. The summed E-state index contributed by atoms with van der Waals surface area (Å²) >= 11 is 0. The SMILES string of the molecule is CN(CCC(N)c1ccc(F)cn1)CC1CCOCC1. The number of pyridine rings is 1. The van der Waals surface area contributed by atoms with Crippen LogP contribution in [-0.4, -0.2) is 43.2 Å². The van der Waals surface area contributed by atoms with Crippen molar-refractivity contribution in [3.05, 3.63) is 29.8 Å². The topological polar surface area (TPSA) is 51.4 Å². The zero-order valence-corrected chi connectivity index (χ0v) is 12.1. The Balaban J connectivity index is 1.71. The molecule has 1 atom stereocenters. The average Bonchev–Trinajstić information content (AvgIpc) is 2.46. The van der Waals surface area contributed by atoms with E-state index in [0.717, 1.165) is 57.2 Å². The molecule has 0 aliphatic carbocycles. The second-order valence-electron chi connectivity index (χ2n) is 5.61. The van der Waals surface area contributed by atoms with Gasteiger partial charge in [0.15, 0.2) is 0 Å². The lowest BCUT2D eigenvalue weighted by atomic mass is 9.99. The second kappa shape index (κ2) is 7.67. The smallest absolute Gasteiger partial charge is 0.141 e. The highest BCUT2D eigenvalue weighted by Gasteiger charge is 2.16. The van der Waals surface area contributed by atoms with Crippen molar-refractivity contribution in [1.29, 1.82) is 0 Å². The van der Waals surface area contributed by atoms with Crippen molar-refractivity contribution in [2.24, 2.45) is 11.7 Å². The summed E-state index contributed by atoms with van der Waals surface area (Å²) in [5.74, 6) is 0.409. The lowest BCUT2D eigenvalue weighted by molar-refractivity contribution is 0.0554. The second-order valence-corrected chi connectivity index (χ2v) is 5.61. The van der Waals surface area contributed by atoms with E-state index < -0.39 is 0 Å². The minimum atomic E-state index is -0.322. The normalized spacial score (nSPS) is 18.4. The van der Waals surface area contributed by atoms with Crippen molar-refractivity contribution < 1.29 is 9.13 Å². The zero-order valence-electron chi connectivity index (χ0n) is 12.1. The molecule has 1 unspecified atom stereocenters. The van der Waals surface area contributed by atoms with Crippen molar-refractivity contribution in [3.8, 4) is 0 Å². The number of ether oxygens (including phenoxy) is 1. The standard InChI is InChI=1S/C15H24FN3O/c1-19(11-12-5-8-20-9-6-12)7-4-14(17)15-3-2-13(16)10-18-15/h2-3,10,12,14H,4-9,11,17H2,1H3. The van der Waals surface area contributed by atoms with E-state index in [1.165, 1.54) is 12.3 Å². The van der Waals surface area contributed by atoms with Gasteiger partial charge in [0, 0.05) is 25.8 Å². The number of halogens is 1. The first-order valence-corrected chi connectivity index (χ1v) is 7.28. The van der Waals surface area contributed by atoms with E-state index in [2.05, 4.69) is 16.9 Å². The van der Waals surface area contributed by atoms with Crippen LogP contribution < -0.4 is 5.73 Å². The number of nitrogens with two attached hydrogens (primary N) is 1. The van der Waals surface area contributed by atoms with Gasteiger partial charge >= 0.3 is 0 Å². The molecule has 0 aromatic carbocycles. The van der Waals surface area contributed by atoms with Crippen molar-refractivity contribution in [1.82, 2.24) is 9.88 Å². The van der Waals surface area contributed by atoms with E-state index >= 15 is 0 Å². The van der Waals surface area contributed by atoms with E-state index in [9.17, 15) is 4.39 Å². The van der Waals surface area contributed by atoms with Crippen LogP contribution in [0.25, 0.3) is 0 Å². The fourth-order valence-electron chi connectivity index (χ4n) is 2.57. The minimum absolute atomic E-state index is 0.132. The van der Waals surface area contributed by atoms with Gasteiger partial charge in [0.05, 0.1) is 11.9 Å². The third-order valence-electron chi connectivity index (χ3n) is 3.86. The molecule has 2 heterocycles. The summed E-state index contributed by atoms with van der Waals surface area (Å²) in [6.45, 7) is 3.79. The van der Waals surface area contributed by atoms with Gasteiger partial charge in [-0.3, -0.25) is 4.98 Å². The predicted molar refractivity (Wildman–Crippen MR) is 76.8 cm³/mol. The number of nitrogens with zero attached hydrogens (tertiary/aromatic N) is 2. The number of hydrogen-bond acceptors (Lipinski definition) is 4. The van der Waals surface area contributed by atoms with Gasteiger partial charge in [-0.15, -0.1) is 0 Å². The Bertz CT molecular complexity index is 393. The zero-order chi connectivity index (χ0) is 14.4. The highest BCUT2D eigenvalue weighted by atomic mass is 19.1. The Morgan fingerprint density at radius 1 is 1.45 bits per heavy atom. The van der Waals surface area contributed by atoms with Crippen LogP contribution in [0.2, 0.25) is 0 Å². The van der Waals surface area contributed by atoms with Gasteiger partial charge in [0.1, 0.15) is 5.82 Å². The summed E-state index contributed by atoms with van der Waals surface area (Å²) in [6, 6.07) is 2.94. The first-order chi connectivity index (χ1) is 9.65. The third-order valence-corrected chi connectivity index (χ3v) is 3.86. The lowest BCUT2D eigenvalue weighted by Gasteiger charge is -2.27. The molecule has 0 bridgehead atoms. The molecule has 0 spiro atoms. The van der Waals surface area contributed by atoms with E-state index in [4.69, 9.17) is 10.5 Å². The first kappa shape index (κ1) is 15.4. The Morgan fingerprint density at radius 2 is 2.20 bits per heavy atom. The van der Waals surface area contributed by atoms with E-state index in [1.807, 2.05) is 0 Å². The molecule has 0 radical (unpaired) electrons. The fraction of sp³-hybridized carbons (Fsp3) is 0.667. The highest BCUT2D eigenvalue weighted by Crippen LogP contribution is 2.17. The number of aromatic nitrogens is 1. The molecule has 20 heavy (non-hydrogen) atoms. The van der Waals surface area contributed by atoms with Gasteiger partial charge in [-0.05, 0) is 50.9 Å². The van der Waals surface area contributed by atoms with Crippen LogP contribution in [-0.2, 0) is 4.74 Å². The molecular formula is C15H24FN3O. The van der Waals surface area contributed by atoms with Gasteiger partial charge in [-0.1, -0.05) is 0 Å². The van der Waals surface area contributed by atoms with Crippen LogP contribution in [0.5, 0.6) is 0 Å². The molecular weight excluding hydrogens is 257 g/mol. The molecule has 4 nitrogen and oxygen atoms in total. The van der Waals surface area contributed by atoms with Gasteiger partial charge in [0.25, 0.3) is 0 Å². The Hall–Kier alpha value is -1.04. The molecule has 112 valence electrons. The van der Waals surface area contributed by atoms with Crippen molar-refractivity contribution in [2.45, 2.75) is 25.3 Å². The van der Waals surface area contributed by atoms with Crippen molar-refractivity contribution in [3.63, 3.8) is 0 Å². The van der Waals surface area contributed by atoms with Crippen LogP contribution in [0.1, 0.15) is 31.0 Å². The quantitative estimate of drug-likeness (QED) is 0.866. The average molecular weight is 281 g/mol. The fourth-order valence-corrected chi connectivity index (χ4v) is 2.57. The molecule has 1 aliphatic rings. The molecule has 1 saturated heterocycles. The van der Waals surface area contributed by atoms with Gasteiger partial charge < -0.3 is 15.4 Å². The van der Waals surface area contributed by atoms with Crippen LogP contribution >= 0.6 is 0 Å². The molecule has 5 heteroatoms. The largest absolute Gasteiger partial charge is 0.381 e. The summed E-state index contributed by atoms with van der Waals surface area (Å²) in [5.41, 5.74) is 6.85. The molecule has 1 aliphatic heterocycles. The van der Waals surface area contributed by atoms with E-state index in [1.54, 1.807) is 6.07 Å². The maximum atomic E-state index is 12.8. The Kier molecular flexibility index (Phi) is 5.88. The van der Waals surface area contributed by atoms with E-state index in [0.29, 0.717) is 0 Å². The third kappa shape index (κ3) is 4.81. The molecule has 0 amide bonds. The van der Waals surface area contributed by atoms with Crippen LogP contribution in [0, 0.1) is 11.7 Å². The Labute approximate surface area is 120 Å². The highest BCUT2D eigenvalue weighted by molar-refractivity contribution is 5.09. The van der Waals surface area contributed by atoms with Crippen molar-refractivity contribution >= 4 is 0 Å². The summed E-state index contributed by atoms with van der Waals surface area (Å²) in [7, 11) is 2.13. The monoisotopic (exact) mass is 281 g/mol.